The summed E-state index contributed by atoms with van der Waals surface area (Å²) in [5, 5.41) is 13.0. The Morgan fingerprint density at radius 2 is 2.31 bits per heavy atom. The van der Waals surface area contributed by atoms with Crippen molar-refractivity contribution < 1.29 is 9.84 Å². The van der Waals surface area contributed by atoms with Crippen molar-refractivity contribution in [2.45, 2.75) is 31.9 Å². The number of piperidine rings is 1. The van der Waals surface area contributed by atoms with Gasteiger partial charge in [0.15, 0.2) is 0 Å². The number of hydrogen-bond donors (Lipinski definition) is 2. The highest BCUT2D eigenvalue weighted by atomic mass is 16.5. The minimum atomic E-state index is -0.395. The average molecular weight is 230 g/mol. The lowest BCUT2D eigenvalue weighted by atomic mass is 9.92. The smallest absolute Gasteiger partial charge is 0.0897 e. The maximum Gasteiger partial charge on any atom is 0.0897 e. The Hall–Kier alpha value is -0.160. The van der Waals surface area contributed by atoms with Crippen molar-refractivity contribution in [1.29, 1.82) is 0 Å². The molecule has 2 N–H and O–H groups in total. The number of aliphatic hydroxyl groups is 1. The Bertz CT molecular complexity index is 190. The van der Waals surface area contributed by atoms with Gasteiger partial charge in [-0.05, 0) is 39.3 Å². The molecule has 0 bridgehead atoms. The molecule has 3 unspecified atom stereocenters. The van der Waals surface area contributed by atoms with Crippen molar-refractivity contribution >= 4 is 0 Å². The van der Waals surface area contributed by atoms with E-state index < -0.39 is 6.10 Å². The van der Waals surface area contributed by atoms with Gasteiger partial charge in [-0.3, -0.25) is 0 Å². The predicted molar refractivity (Wildman–Crippen MR) is 65.6 cm³/mol. The second-order valence-corrected chi connectivity index (χ2v) is 4.97. The third kappa shape index (κ3) is 4.78. The van der Waals surface area contributed by atoms with Crippen LogP contribution in [-0.2, 0) is 4.74 Å². The number of hydrogen-bond acceptors (Lipinski definition) is 4. The minimum Gasteiger partial charge on any atom is -0.389 e. The molecule has 1 aliphatic heterocycles. The molecule has 3 atom stereocenters. The van der Waals surface area contributed by atoms with Crippen molar-refractivity contribution in [3.63, 3.8) is 0 Å². The van der Waals surface area contributed by atoms with Crippen LogP contribution in [0.1, 0.15) is 19.8 Å². The highest BCUT2D eigenvalue weighted by molar-refractivity contribution is 4.79. The van der Waals surface area contributed by atoms with Gasteiger partial charge < -0.3 is 20.1 Å². The quantitative estimate of drug-likeness (QED) is 0.689. The zero-order valence-corrected chi connectivity index (χ0v) is 10.8. The predicted octanol–water partition coefficient (Wildman–Crippen LogP) is 0.314. The third-order valence-electron chi connectivity index (χ3n) is 3.40. The zero-order valence-electron chi connectivity index (χ0n) is 10.8. The Labute approximate surface area is 99.0 Å². The summed E-state index contributed by atoms with van der Waals surface area (Å²) in [7, 11) is 3.79. The Kier molecular flexibility index (Phi) is 6.28. The molecule has 0 aromatic rings. The third-order valence-corrected chi connectivity index (χ3v) is 3.40. The first-order valence-electron chi connectivity index (χ1n) is 6.22. The van der Waals surface area contributed by atoms with Gasteiger partial charge in [0.2, 0.25) is 0 Å². The highest BCUT2D eigenvalue weighted by Crippen LogP contribution is 2.18. The first-order valence-corrected chi connectivity index (χ1v) is 6.22. The van der Waals surface area contributed by atoms with Gasteiger partial charge in [-0.15, -0.1) is 0 Å². The number of rotatable bonds is 6. The molecule has 0 amide bonds. The summed E-state index contributed by atoms with van der Waals surface area (Å²) in [4.78, 5) is 2.39. The van der Waals surface area contributed by atoms with E-state index in [1.807, 2.05) is 0 Å². The van der Waals surface area contributed by atoms with Gasteiger partial charge in [-0.1, -0.05) is 0 Å². The maximum atomic E-state index is 9.55. The lowest BCUT2D eigenvalue weighted by Gasteiger charge is -2.34. The molecule has 96 valence electrons. The molecule has 1 rings (SSSR count). The number of nitrogens with one attached hydrogen (secondary N) is 1. The Balaban J connectivity index is 2.20. The molecular weight excluding hydrogens is 204 g/mol. The molecule has 0 aromatic carbocycles. The van der Waals surface area contributed by atoms with Crippen LogP contribution in [0.3, 0.4) is 0 Å². The molecule has 1 saturated heterocycles. The van der Waals surface area contributed by atoms with Crippen LogP contribution >= 0.6 is 0 Å². The average Bonchev–Trinajstić information content (AvgIpc) is 2.26. The molecule has 1 heterocycles. The summed E-state index contributed by atoms with van der Waals surface area (Å²) >= 11 is 0. The van der Waals surface area contributed by atoms with Crippen LogP contribution in [0.2, 0.25) is 0 Å². The van der Waals surface area contributed by atoms with Gasteiger partial charge in [-0.2, -0.15) is 0 Å². The van der Waals surface area contributed by atoms with Crippen molar-refractivity contribution in [3.05, 3.63) is 0 Å². The van der Waals surface area contributed by atoms with Crippen molar-refractivity contribution in [2.75, 3.05) is 40.4 Å². The van der Waals surface area contributed by atoms with Crippen LogP contribution < -0.4 is 5.32 Å². The largest absolute Gasteiger partial charge is 0.389 e. The fourth-order valence-electron chi connectivity index (χ4n) is 2.35. The normalized spacial score (nSPS) is 26.6. The standard InChI is InChI=1S/C12H26N2O2/c1-10(13-7-12(15)9-16-3)11-5-4-6-14(2)8-11/h10-13,15H,4-9H2,1-3H3. The molecule has 16 heavy (non-hydrogen) atoms. The highest BCUT2D eigenvalue weighted by Gasteiger charge is 2.22. The van der Waals surface area contributed by atoms with E-state index in [1.54, 1.807) is 7.11 Å². The first-order chi connectivity index (χ1) is 7.63. The van der Waals surface area contributed by atoms with Crippen LogP contribution in [0.4, 0.5) is 0 Å². The Morgan fingerprint density at radius 1 is 1.56 bits per heavy atom. The number of ether oxygens (including phenoxy) is 1. The number of nitrogens with zero attached hydrogens (tertiary/aromatic N) is 1. The number of methoxy groups -OCH3 is 1. The molecule has 0 saturated carbocycles. The van der Waals surface area contributed by atoms with Crippen molar-refractivity contribution in [3.8, 4) is 0 Å². The van der Waals surface area contributed by atoms with E-state index >= 15 is 0 Å². The topological polar surface area (TPSA) is 44.7 Å². The summed E-state index contributed by atoms with van der Waals surface area (Å²) in [5.41, 5.74) is 0. The maximum absolute atomic E-state index is 9.55. The summed E-state index contributed by atoms with van der Waals surface area (Å²) < 4.78 is 4.90. The van der Waals surface area contributed by atoms with Gasteiger partial charge in [0.1, 0.15) is 0 Å². The minimum absolute atomic E-state index is 0.395. The fraction of sp³-hybridized carbons (Fsp3) is 1.00. The van der Waals surface area contributed by atoms with Gasteiger partial charge in [-0.25, -0.2) is 0 Å². The van der Waals surface area contributed by atoms with E-state index in [2.05, 4.69) is 24.2 Å². The van der Waals surface area contributed by atoms with E-state index in [1.165, 1.54) is 19.4 Å². The fourth-order valence-corrected chi connectivity index (χ4v) is 2.35. The molecule has 4 heteroatoms. The lowest BCUT2D eigenvalue weighted by molar-refractivity contribution is 0.0598. The molecule has 0 aliphatic carbocycles. The van der Waals surface area contributed by atoms with Crippen LogP contribution in [0.25, 0.3) is 0 Å². The van der Waals surface area contributed by atoms with Crippen LogP contribution in [0.15, 0.2) is 0 Å². The number of aliphatic hydroxyl groups excluding tert-OH is 1. The van der Waals surface area contributed by atoms with Crippen LogP contribution in [0.5, 0.6) is 0 Å². The first kappa shape index (κ1) is 13.9. The van der Waals surface area contributed by atoms with E-state index in [4.69, 9.17) is 4.74 Å². The van der Waals surface area contributed by atoms with Gasteiger partial charge >= 0.3 is 0 Å². The summed E-state index contributed by atoms with van der Waals surface area (Å²) in [5.74, 6) is 0.702. The van der Waals surface area contributed by atoms with Gasteiger partial charge in [0.05, 0.1) is 12.7 Å². The van der Waals surface area contributed by atoms with Gasteiger partial charge in [0.25, 0.3) is 0 Å². The Morgan fingerprint density at radius 3 is 2.94 bits per heavy atom. The molecule has 1 fully saturated rings. The molecule has 0 spiro atoms. The van der Waals surface area contributed by atoms with E-state index in [9.17, 15) is 5.11 Å². The SMILES string of the molecule is COCC(O)CNC(C)C1CCCN(C)C1. The van der Waals surface area contributed by atoms with Crippen molar-refractivity contribution in [2.24, 2.45) is 5.92 Å². The molecule has 1 aliphatic rings. The lowest BCUT2D eigenvalue weighted by Crippen LogP contribution is -2.45. The molecule has 4 nitrogen and oxygen atoms in total. The number of likely N-dealkylation sites (tertiary alicyclic amines) is 1. The van der Waals surface area contributed by atoms with E-state index in [-0.39, 0.29) is 0 Å². The van der Waals surface area contributed by atoms with Crippen molar-refractivity contribution in [1.82, 2.24) is 10.2 Å². The van der Waals surface area contributed by atoms with Crippen LogP contribution in [0, 0.1) is 5.92 Å². The summed E-state index contributed by atoms with van der Waals surface area (Å²) in [6.45, 7) is 5.62. The molecular formula is C12H26N2O2. The monoisotopic (exact) mass is 230 g/mol. The van der Waals surface area contributed by atoms with E-state index in [0.717, 1.165) is 6.54 Å². The zero-order chi connectivity index (χ0) is 12.0. The van der Waals surface area contributed by atoms with Gasteiger partial charge in [0, 0.05) is 26.2 Å². The summed E-state index contributed by atoms with van der Waals surface area (Å²) in [6, 6.07) is 0.467. The van der Waals surface area contributed by atoms with Crippen LogP contribution in [-0.4, -0.2) is 62.6 Å². The molecule has 0 radical (unpaired) electrons. The van der Waals surface area contributed by atoms with E-state index in [0.29, 0.717) is 25.1 Å². The second kappa shape index (κ2) is 7.22. The second-order valence-electron chi connectivity index (χ2n) is 4.97. The molecule has 0 aromatic heterocycles. The summed E-state index contributed by atoms with van der Waals surface area (Å²) in [6.07, 6.45) is 2.18.